The number of carbonyl (C=O) groups excluding carboxylic acids is 1. The summed E-state index contributed by atoms with van der Waals surface area (Å²) in [5.41, 5.74) is 2.41. The van der Waals surface area contributed by atoms with Gasteiger partial charge in [0.1, 0.15) is 5.75 Å². The van der Waals surface area contributed by atoms with Crippen molar-refractivity contribution in [2.75, 3.05) is 0 Å². The van der Waals surface area contributed by atoms with Gasteiger partial charge in [-0.15, -0.1) is 0 Å². The van der Waals surface area contributed by atoms with E-state index in [1.165, 1.54) is 6.07 Å². The Morgan fingerprint density at radius 2 is 1.95 bits per heavy atom. The van der Waals surface area contributed by atoms with Gasteiger partial charge in [-0.1, -0.05) is 24.3 Å². The van der Waals surface area contributed by atoms with Gasteiger partial charge in [0.15, 0.2) is 0 Å². The molecule has 0 radical (unpaired) electrons. The summed E-state index contributed by atoms with van der Waals surface area (Å²) in [5.74, 6) is -0.112. The number of para-hydroxylation sites is 1. The zero-order valence-corrected chi connectivity index (χ0v) is 11.9. The minimum atomic E-state index is -0.461. The van der Waals surface area contributed by atoms with Crippen LogP contribution in [0.2, 0.25) is 0 Å². The van der Waals surface area contributed by atoms with E-state index in [1.807, 2.05) is 37.3 Å². The summed E-state index contributed by atoms with van der Waals surface area (Å²) in [5, 5.41) is 9.64. The highest BCUT2D eigenvalue weighted by Crippen LogP contribution is 2.21. The van der Waals surface area contributed by atoms with Crippen LogP contribution in [0.1, 0.15) is 21.6 Å². The smallest absolute Gasteiger partial charge is 0.344 e. The number of aryl methyl sites for hydroxylation is 1. The third-order valence-electron chi connectivity index (χ3n) is 3.24. The second-order valence-corrected chi connectivity index (χ2v) is 4.86. The molecule has 0 saturated carbocycles. The number of nitriles is 1. The monoisotopic (exact) mass is 288 g/mol. The van der Waals surface area contributed by atoms with Crippen molar-refractivity contribution in [1.82, 2.24) is 4.98 Å². The Labute approximate surface area is 127 Å². The Kier molecular flexibility index (Phi) is 3.55. The molecule has 22 heavy (non-hydrogen) atoms. The van der Waals surface area contributed by atoms with E-state index in [4.69, 9.17) is 10.00 Å². The molecule has 1 aromatic heterocycles. The fraction of sp³-hybridized carbons (Fsp3) is 0.0556. The van der Waals surface area contributed by atoms with Gasteiger partial charge >= 0.3 is 5.97 Å². The molecule has 0 saturated heterocycles. The summed E-state index contributed by atoms with van der Waals surface area (Å²) in [4.78, 5) is 16.8. The van der Waals surface area contributed by atoms with Crippen LogP contribution in [0.5, 0.6) is 5.75 Å². The molecule has 0 aliphatic rings. The average Bonchev–Trinajstić information content (AvgIpc) is 2.54. The SMILES string of the molecule is Cc1cc(C(=O)Oc2cccc(C#N)c2)c2ccccc2n1. The molecule has 0 fully saturated rings. The van der Waals surface area contributed by atoms with E-state index in [-0.39, 0.29) is 0 Å². The number of ether oxygens (including phenoxy) is 1. The van der Waals surface area contributed by atoms with Gasteiger partial charge in [0.05, 0.1) is 22.7 Å². The first-order valence-corrected chi connectivity index (χ1v) is 6.76. The van der Waals surface area contributed by atoms with Crippen LogP contribution in [0.4, 0.5) is 0 Å². The molecule has 2 aromatic carbocycles. The molecule has 3 rings (SSSR count). The number of hydrogen-bond acceptors (Lipinski definition) is 4. The quantitative estimate of drug-likeness (QED) is 0.533. The number of rotatable bonds is 2. The van der Waals surface area contributed by atoms with Crippen molar-refractivity contribution in [2.45, 2.75) is 6.92 Å². The molecule has 4 heteroatoms. The first-order chi connectivity index (χ1) is 10.7. The molecule has 0 spiro atoms. The zero-order valence-electron chi connectivity index (χ0n) is 11.9. The van der Waals surface area contributed by atoms with Crippen LogP contribution >= 0.6 is 0 Å². The lowest BCUT2D eigenvalue weighted by Gasteiger charge is -2.08. The molecular formula is C18H12N2O2. The maximum absolute atomic E-state index is 12.4. The number of hydrogen-bond donors (Lipinski definition) is 0. The number of carbonyl (C=O) groups is 1. The van der Waals surface area contributed by atoms with E-state index in [0.717, 1.165) is 16.6 Å². The lowest BCUT2D eigenvalue weighted by Crippen LogP contribution is -2.10. The summed E-state index contributed by atoms with van der Waals surface area (Å²) in [6, 6.07) is 17.7. The normalized spacial score (nSPS) is 10.2. The summed E-state index contributed by atoms with van der Waals surface area (Å²) in [7, 11) is 0. The van der Waals surface area contributed by atoms with E-state index in [0.29, 0.717) is 16.9 Å². The fourth-order valence-electron chi connectivity index (χ4n) is 2.27. The molecule has 1 heterocycles. The van der Waals surface area contributed by atoms with E-state index < -0.39 is 5.97 Å². The van der Waals surface area contributed by atoms with Crippen LogP contribution in [0.3, 0.4) is 0 Å². The van der Waals surface area contributed by atoms with Crippen molar-refractivity contribution in [2.24, 2.45) is 0 Å². The van der Waals surface area contributed by atoms with Crippen molar-refractivity contribution >= 4 is 16.9 Å². The van der Waals surface area contributed by atoms with Crippen LogP contribution < -0.4 is 4.74 Å². The third kappa shape index (κ3) is 2.65. The van der Waals surface area contributed by atoms with Crippen LogP contribution in [-0.2, 0) is 0 Å². The van der Waals surface area contributed by atoms with E-state index in [2.05, 4.69) is 4.98 Å². The number of benzene rings is 2. The van der Waals surface area contributed by atoms with Crippen molar-refractivity contribution in [1.29, 1.82) is 5.26 Å². The number of pyridine rings is 1. The van der Waals surface area contributed by atoms with Crippen molar-refractivity contribution in [3.8, 4) is 11.8 Å². The Bertz CT molecular complexity index is 910. The van der Waals surface area contributed by atoms with Gasteiger partial charge in [-0.05, 0) is 37.3 Å². The van der Waals surface area contributed by atoms with Gasteiger partial charge in [-0.3, -0.25) is 4.98 Å². The molecule has 0 N–H and O–H groups in total. The largest absolute Gasteiger partial charge is 0.423 e. The Morgan fingerprint density at radius 1 is 1.14 bits per heavy atom. The second kappa shape index (κ2) is 5.66. The summed E-state index contributed by atoms with van der Waals surface area (Å²) in [6.45, 7) is 1.83. The Morgan fingerprint density at radius 3 is 2.77 bits per heavy atom. The predicted molar refractivity (Wildman–Crippen MR) is 82.6 cm³/mol. The standard InChI is InChI=1S/C18H12N2O2/c1-12-9-16(15-7-2-3-8-17(15)20-12)18(21)22-14-6-4-5-13(10-14)11-19/h2-10H,1H3. The van der Waals surface area contributed by atoms with Crippen molar-refractivity contribution < 1.29 is 9.53 Å². The first-order valence-electron chi connectivity index (χ1n) is 6.76. The molecule has 0 aliphatic carbocycles. The summed E-state index contributed by atoms with van der Waals surface area (Å²) < 4.78 is 5.39. The summed E-state index contributed by atoms with van der Waals surface area (Å²) in [6.07, 6.45) is 0. The Hall–Kier alpha value is -3.19. The minimum Gasteiger partial charge on any atom is -0.423 e. The van der Waals surface area contributed by atoms with Gasteiger partial charge in [-0.25, -0.2) is 4.79 Å². The number of nitrogens with zero attached hydrogens (tertiary/aromatic N) is 2. The van der Waals surface area contributed by atoms with Crippen LogP contribution in [0.25, 0.3) is 10.9 Å². The Balaban J connectivity index is 2.00. The summed E-state index contributed by atoms with van der Waals surface area (Å²) >= 11 is 0. The highest BCUT2D eigenvalue weighted by molar-refractivity contribution is 6.04. The van der Waals surface area contributed by atoms with Crippen LogP contribution in [0.15, 0.2) is 54.6 Å². The fourth-order valence-corrected chi connectivity index (χ4v) is 2.27. The number of esters is 1. The highest BCUT2D eigenvalue weighted by atomic mass is 16.5. The molecule has 0 aliphatic heterocycles. The molecule has 4 nitrogen and oxygen atoms in total. The van der Waals surface area contributed by atoms with E-state index in [9.17, 15) is 4.79 Å². The molecule has 0 bridgehead atoms. The van der Waals surface area contributed by atoms with E-state index >= 15 is 0 Å². The van der Waals surface area contributed by atoms with Crippen LogP contribution in [0, 0.1) is 18.3 Å². The molecule has 0 amide bonds. The third-order valence-corrected chi connectivity index (χ3v) is 3.24. The van der Waals surface area contributed by atoms with Crippen molar-refractivity contribution in [3.63, 3.8) is 0 Å². The minimum absolute atomic E-state index is 0.350. The lowest BCUT2D eigenvalue weighted by molar-refractivity contribution is 0.0736. The maximum atomic E-state index is 12.4. The average molecular weight is 288 g/mol. The lowest BCUT2D eigenvalue weighted by atomic mass is 10.1. The van der Waals surface area contributed by atoms with Gasteiger partial charge in [0.2, 0.25) is 0 Å². The predicted octanol–water partition coefficient (Wildman–Crippen LogP) is 3.63. The topological polar surface area (TPSA) is 63.0 Å². The van der Waals surface area contributed by atoms with Gasteiger partial charge in [-0.2, -0.15) is 5.26 Å². The second-order valence-electron chi connectivity index (χ2n) is 4.86. The maximum Gasteiger partial charge on any atom is 0.344 e. The molecular weight excluding hydrogens is 276 g/mol. The van der Waals surface area contributed by atoms with Gasteiger partial charge in [0.25, 0.3) is 0 Å². The van der Waals surface area contributed by atoms with Gasteiger partial charge < -0.3 is 4.74 Å². The van der Waals surface area contributed by atoms with E-state index in [1.54, 1.807) is 24.3 Å². The number of aromatic nitrogens is 1. The van der Waals surface area contributed by atoms with Gasteiger partial charge in [0, 0.05) is 11.1 Å². The van der Waals surface area contributed by atoms with Crippen molar-refractivity contribution in [3.05, 3.63) is 71.4 Å². The number of fused-ring (bicyclic) bond motifs is 1. The molecule has 3 aromatic rings. The molecule has 106 valence electrons. The molecule has 0 atom stereocenters. The zero-order chi connectivity index (χ0) is 15.5. The highest BCUT2D eigenvalue weighted by Gasteiger charge is 2.14. The first kappa shape index (κ1) is 13.8. The van der Waals surface area contributed by atoms with Crippen LogP contribution in [-0.4, -0.2) is 11.0 Å². The molecule has 0 unspecified atom stereocenters.